The SMILES string of the molecule is CN/C=C(\C)Nc1cc2c(NC(=O)OC(C)(C)C)c([N+](=O)[O-])ccc2cn1. The van der Waals surface area contributed by atoms with Gasteiger partial charge in [-0.1, -0.05) is 0 Å². The van der Waals surface area contributed by atoms with Crippen LogP contribution in [0.25, 0.3) is 10.8 Å². The van der Waals surface area contributed by atoms with Gasteiger partial charge in [-0.05, 0) is 39.8 Å². The molecule has 1 aromatic heterocycles. The molecule has 0 saturated carbocycles. The summed E-state index contributed by atoms with van der Waals surface area (Å²) in [5, 5.41) is 21.0. The number of fused-ring (bicyclic) bond motifs is 1. The van der Waals surface area contributed by atoms with Crippen molar-refractivity contribution in [1.29, 1.82) is 0 Å². The van der Waals surface area contributed by atoms with Gasteiger partial charge in [-0.25, -0.2) is 9.78 Å². The molecule has 3 N–H and O–H groups in total. The number of carbonyl (C=O) groups excluding carboxylic acids is 1. The van der Waals surface area contributed by atoms with Crippen molar-refractivity contribution in [3.63, 3.8) is 0 Å². The van der Waals surface area contributed by atoms with Gasteiger partial charge in [0.25, 0.3) is 5.69 Å². The van der Waals surface area contributed by atoms with Gasteiger partial charge in [0.05, 0.1) is 4.92 Å². The molecular formula is C18H23N5O4. The first-order chi connectivity index (χ1) is 12.6. The number of ether oxygens (including phenoxy) is 1. The van der Waals surface area contributed by atoms with E-state index in [9.17, 15) is 14.9 Å². The quantitative estimate of drug-likeness (QED) is 0.536. The number of hydrogen-bond donors (Lipinski definition) is 3. The van der Waals surface area contributed by atoms with E-state index in [0.29, 0.717) is 16.6 Å². The van der Waals surface area contributed by atoms with Gasteiger partial charge in [-0.2, -0.15) is 0 Å². The normalized spacial score (nSPS) is 11.8. The number of pyridine rings is 1. The molecule has 0 aliphatic carbocycles. The molecule has 27 heavy (non-hydrogen) atoms. The number of aromatic nitrogens is 1. The second-order valence-electron chi connectivity index (χ2n) is 6.88. The average Bonchev–Trinajstić information content (AvgIpc) is 2.53. The summed E-state index contributed by atoms with van der Waals surface area (Å²) < 4.78 is 5.23. The van der Waals surface area contributed by atoms with Crippen LogP contribution in [0.4, 0.5) is 22.0 Å². The van der Waals surface area contributed by atoms with E-state index in [4.69, 9.17) is 4.74 Å². The molecule has 9 heteroatoms. The van der Waals surface area contributed by atoms with E-state index in [0.717, 1.165) is 5.70 Å². The van der Waals surface area contributed by atoms with Gasteiger partial charge >= 0.3 is 6.09 Å². The highest BCUT2D eigenvalue weighted by molar-refractivity contribution is 6.04. The molecule has 0 bridgehead atoms. The van der Waals surface area contributed by atoms with Crippen molar-refractivity contribution in [3.05, 3.63) is 46.4 Å². The summed E-state index contributed by atoms with van der Waals surface area (Å²) in [6, 6.07) is 4.55. The molecule has 9 nitrogen and oxygen atoms in total. The first-order valence-corrected chi connectivity index (χ1v) is 8.29. The Labute approximate surface area is 157 Å². The Morgan fingerprint density at radius 3 is 2.59 bits per heavy atom. The molecule has 0 unspecified atom stereocenters. The molecule has 0 fully saturated rings. The second-order valence-corrected chi connectivity index (χ2v) is 6.88. The van der Waals surface area contributed by atoms with E-state index in [-0.39, 0.29) is 11.4 Å². The topological polar surface area (TPSA) is 118 Å². The van der Waals surface area contributed by atoms with E-state index < -0.39 is 16.6 Å². The van der Waals surface area contributed by atoms with Crippen LogP contribution in [0.15, 0.2) is 36.3 Å². The van der Waals surface area contributed by atoms with Crippen LogP contribution in [0.5, 0.6) is 0 Å². The van der Waals surface area contributed by atoms with Crippen molar-refractivity contribution >= 4 is 34.1 Å². The van der Waals surface area contributed by atoms with Gasteiger partial charge in [0.1, 0.15) is 17.1 Å². The zero-order chi connectivity index (χ0) is 20.2. The molecule has 0 aliphatic heterocycles. The fraction of sp³-hybridized carbons (Fsp3) is 0.333. The van der Waals surface area contributed by atoms with E-state index >= 15 is 0 Å². The number of rotatable bonds is 5. The fourth-order valence-corrected chi connectivity index (χ4v) is 2.42. The van der Waals surface area contributed by atoms with Gasteiger partial charge in [-0.3, -0.25) is 15.4 Å². The average molecular weight is 373 g/mol. The maximum absolute atomic E-state index is 12.2. The maximum atomic E-state index is 12.2. The van der Waals surface area contributed by atoms with E-state index in [2.05, 4.69) is 20.9 Å². The molecule has 2 aromatic rings. The minimum Gasteiger partial charge on any atom is -0.444 e. The Kier molecular flexibility index (Phi) is 5.84. The lowest BCUT2D eigenvalue weighted by molar-refractivity contribution is -0.383. The van der Waals surface area contributed by atoms with Crippen molar-refractivity contribution in [2.45, 2.75) is 33.3 Å². The third-order valence-electron chi connectivity index (χ3n) is 3.39. The third kappa shape index (κ3) is 5.30. The Balaban J connectivity index is 2.52. The van der Waals surface area contributed by atoms with Crippen molar-refractivity contribution in [1.82, 2.24) is 10.3 Å². The van der Waals surface area contributed by atoms with Crippen LogP contribution in [-0.4, -0.2) is 28.6 Å². The predicted octanol–water partition coefficient (Wildman–Crippen LogP) is 3.98. The maximum Gasteiger partial charge on any atom is 0.412 e. The van der Waals surface area contributed by atoms with E-state index in [1.54, 1.807) is 52.3 Å². The van der Waals surface area contributed by atoms with Gasteiger partial charge < -0.3 is 15.4 Å². The van der Waals surface area contributed by atoms with Gasteiger partial charge in [-0.15, -0.1) is 0 Å². The van der Waals surface area contributed by atoms with Crippen LogP contribution in [-0.2, 0) is 4.74 Å². The number of nitrogens with zero attached hydrogens (tertiary/aromatic N) is 2. The zero-order valence-corrected chi connectivity index (χ0v) is 15.9. The molecule has 0 radical (unpaired) electrons. The highest BCUT2D eigenvalue weighted by Crippen LogP contribution is 2.34. The lowest BCUT2D eigenvalue weighted by Gasteiger charge is -2.20. The number of benzene rings is 1. The van der Waals surface area contributed by atoms with E-state index in [1.807, 2.05) is 6.92 Å². The summed E-state index contributed by atoms with van der Waals surface area (Å²) in [6.07, 6.45) is 2.56. The Hall–Kier alpha value is -3.36. The number of amides is 1. The number of anilines is 2. The first-order valence-electron chi connectivity index (χ1n) is 8.29. The summed E-state index contributed by atoms with van der Waals surface area (Å²) in [6.45, 7) is 6.99. The Morgan fingerprint density at radius 1 is 1.30 bits per heavy atom. The highest BCUT2D eigenvalue weighted by Gasteiger charge is 2.23. The largest absolute Gasteiger partial charge is 0.444 e. The first kappa shape index (κ1) is 20.0. The zero-order valence-electron chi connectivity index (χ0n) is 15.9. The summed E-state index contributed by atoms with van der Waals surface area (Å²) in [5.41, 5.74) is -0.0934. The molecule has 144 valence electrons. The summed E-state index contributed by atoms with van der Waals surface area (Å²) in [4.78, 5) is 27.4. The molecule has 0 atom stereocenters. The minimum absolute atomic E-state index is 0.0625. The van der Waals surface area contributed by atoms with Crippen molar-refractivity contribution in [2.24, 2.45) is 0 Å². The van der Waals surface area contributed by atoms with Crippen LogP contribution in [0, 0.1) is 10.1 Å². The van der Waals surface area contributed by atoms with Crippen LogP contribution in [0.2, 0.25) is 0 Å². The third-order valence-corrected chi connectivity index (χ3v) is 3.39. The number of allylic oxidation sites excluding steroid dienone is 1. The Morgan fingerprint density at radius 2 is 2.00 bits per heavy atom. The van der Waals surface area contributed by atoms with Gasteiger partial charge in [0.2, 0.25) is 0 Å². The lowest BCUT2D eigenvalue weighted by Crippen LogP contribution is -2.27. The number of nitro groups is 1. The highest BCUT2D eigenvalue weighted by atomic mass is 16.6. The monoisotopic (exact) mass is 373 g/mol. The molecule has 1 aromatic carbocycles. The van der Waals surface area contributed by atoms with Crippen LogP contribution >= 0.6 is 0 Å². The second kappa shape index (κ2) is 7.90. The molecule has 1 heterocycles. The molecular weight excluding hydrogens is 350 g/mol. The van der Waals surface area contributed by atoms with Crippen molar-refractivity contribution < 1.29 is 14.5 Å². The van der Waals surface area contributed by atoms with Gasteiger partial charge in [0, 0.05) is 42.0 Å². The van der Waals surface area contributed by atoms with E-state index in [1.165, 1.54) is 6.07 Å². The van der Waals surface area contributed by atoms with Crippen LogP contribution in [0.3, 0.4) is 0 Å². The minimum atomic E-state index is -0.768. The smallest absolute Gasteiger partial charge is 0.412 e. The number of carbonyl (C=O) groups is 1. The van der Waals surface area contributed by atoms with Crippen molar-refractivity contribution in [3.8, 4) is 0 Å². The summed E-state index contributed by atoms with van der Waals surface area (Å²) in [5.74, 6) is 0.485. The van der Waals surface area contributed by atoms with Crippen LogP contribution in [0.1, 0.15) is 27.7 Å². The fourth-order valence-electron chi connectivity index (χ4n) is 2.42. The van der Waals surface area contributed by atoms with Crippen LogP contribution < -0.4 is 16.0 Å². The molecule has 0 aliphatic rings. The number of nitro benzene ring substituents is 1. The molecule has 0 spiro atoms. The van der Waals surface area contributed by atoms with Crippen molar-refractivity contribution in [2.75, 3.05) is 17.7 Å². The van der Waals surface area contributed by atoms with Gasteiger partial charge in [0.15, 0.2) is 0 Å². The molecule has 2 rings (SSSR count). The summed E-state index contributed by atoms with van der Waals surface area (Å²) >= 11 is 0. The molecule has 0 saturated heterocycles. The standard InChI is InChI=1S/C18H23N5O4/c1-11(9-19-5)21-15-8-13-12(10-20-15)6-7-14(23(25)26)16(13)22-17(24)27-18(2,3)4/h6-10,19H,1-5H3,(H,20,21)(H,22,24)/b11-9+. The number of nitrogens with one attached hydrogen (secondary N) is 3. The lowest BCUT2D eigenvalue weighted by atomic mass is 10.1. The predicted molar refractivity (Wildman–Crippen MR) is 105 cm³/mol. The number of hydrogen-bond acceptors (Lipinski definition) is 7. The molecule has 1 amide bonds. The summed E-state index contributed by atoms with van der Waals surface area (Å²) in [7, 11) is 1.77. The Bertz CT molecular complexity index is 902.